The quantitative estimate of drug-likeness (QED) is 0.153. The van der Waals surface area contributed by atoms with Gasteiger partial charge in [0, 0.05) is 33.5 Å². The molecule has 0 N–H and O–H groups in total. The molecule has 5 aromatic carbocycles. The van der Waals surface area contributed by atoms with Crippen molar-refractivity contribution in [3.63, 3.8) is 0 Å². The molecule has 0 radical (unpaired) electrons. The summed E-state index contributed by atoms with van der Waals surface area (Å²) in [6.45, 7) is 15.0. The van der Waals surface area contributed by atoms with Crippen LogP contribution in [0.3, 0.4) is 0 Å². The summed E-state index contributed by atoms with van der Waals surface area (Å²) >= 11 is 0. The van der Waals surface area contributed by atoms with E-state index < -0.39 is 0 Å². The van der Waals surface area contributed by atoms with Crippen molar-refractivity contribution in [1.29, 1.82) is 5.26 Å². The lowest BCUT2D eigenvalue weighted by Crippen LogP contribution is -2.15. The number of hydrogen-bond donors (Lipinski definition) is 0. The van der Waals surface area contributed by atoms with Gasteiger partial charge in [0.1, 0.15) is 5.82 Å². The average Bonchev–Trinajstić information content (AvgIpc) is 3.46. The van der Waals surface area contributed by atoms with E-state index in [0.717, 1.165) is 38.6 Å². The molecule has 0 amide bonds. The minimum Gasteiger partial charge on any atom is -0.254 e. The summed E-state index contributed by atoms with van der Waals surface area (Å²) in [5, 5.41) is 11.3. The highest BCUT2D eigenvalue weighted by molar-refractivity contribution is 6.02. The Morgan fingerprint density at radius 1 is 0.560 bits per heavy atom. The zero-order valence-electron chi connectivity index (χ0n) is 29.7. The van der Waals surface area contributed by atoms with Crippen LogP contribution >= 0.6 is 0 Å². The minimum absolute atomic E-state index is 0.0104. The van der Waals surface area contributed by atoms with Gasteiger partial charge in [-0.2, -0.15) is 5.26 Å². The summed E-state index contributed by atoms with van der Waals surface area (Å²) in [6.07, 6.45) is 1.81. The number of nitrogens with zero attached hydrogens (tertiary/aromatic N) is 3. The van der Waals surface area contributed by atoms with E-state index >= 15 is 0 Å². The van der Waals surface area contributed by atoms with Crippen molar-refractivity contribution in [2.24, 2.45) is 0 Å². The van der Waals surface area contributed by atoms with Crippen LogP contribution in [-0.4, -0.2) is 9.97 Å². The Hall–Kier alpha value is -5.66. The monoisotopic (exact) mass is 653 g/mol. The van der Waals surface area contributed by atoms with Crippen LogP contribution in [0.5, 0.6) is 0 Å². The van der Waals surface area contributed by atoms with Crippen LogP contribution in [0.2, 0.25) is 0 Å². The Kier molecular flexibility index (Phi) is 8.11. The summed E-state index contributed by atoms with van der Waals surface area (Å²) in [5.41, 5.74) is 16.2. The fourth-order valence-electron chi connectivity index (χ4n) is 7.57. The molecule has 3 nitrogen and oxygen atoms in total. The van der Waals surface area contributed by atoms with E-state index in [2.05, 4.69) is 124 Å². The number of halogens is 1. The van der Waals surface area contributed by atoms with E-state index in [4.69, 9.17) is 5.26 Å². The highest BCUT2D eigenvalue weighted by atomic mass is 19.1. The first-order chi connectivity index (χ1) is 23.9. The van der Waals surface area contributed by atoms with Gasteiger partial charge in [-0.05, 0) is 102 Å². The normalized spacial score (nSPS) is 13.9. The van der Waals surface area contributed by atoms with Crippen LogP contribution < -0.4 is 0 Å². The third kappa shape index (κ3) is 5.63. The number of fused-ring (bicyclic) bond motifs is 9. The Balaban J connectivity index is 0.000000118. The average molecular weight is 654 g/mol. The highest BCUT2D eigenvalue weighted by Gasteiger charge is 2.36. The van der Waals surface area contributed by atoms with Crippen molar-refractivity contribution in [2.75, 3.05) is 0 Å². The number of aromatic nitrogens is 2. The molecule has 246 valence electrons. The molecule has 0 fully saturated rings. The molecule has 0 atom stereocenters. The molecule has 0 saturated carbocycles. The lowest BCUT2D eigenvalue weighted by molar-refractivity contribution is 0.609. The number of hydrogen-bond acceptors (Lipinski definition) is 3. The molecule has 9 rings (SSSR count). The van der Waals surface area contributed by atoms with E-state index in [0.29, 0.717) is 0 Å². The maximum atomic E-state index is 13.4. The predicted octanol–water partition coefficient (Wildman–Crippen LogP) is 11.7. The Morgan fingerprint density at radius 2 is 1.06 bits per heavy atom. The van der Waals surface area contributed by atoms with Crippen molar-refractivity contribution in [3.8, 4) is 28.3 Å². The molecule has 2 aromatic heterocycles. The van der Waals surface area contributed by atoms with Crippen molar-refractivity contribution in [3.05, 3.63) is 166 Å². The zero-order chi connectivity index (χ0) is 35.4. The van der Waals surface area contributed by atoms with E-state index in [1.54, 1.807) is 12.1 Å². The summed E-state index contributed by atoms with van der Waals surface area (Å²) in [5.74, 6) is -0.152. The topological polar surface area (TPSA) is 49.6 Å². The molecule has 0 saturated heterocycles. The van der Waals surface area contributed by atoms with Gasteiger partial charge in [0.25, 0.3) is 0 Å². The lowest BCUT2D eigenvalue weighted by Gasteiger charge is -2.21. The number of nitriles is 1. The number of aryl methyl sites for hydroxylation is 3. The van der Waals surface area contributed by atoms with Crippen molar-refractivity contribution in [1.82, 2.24) is 9.97 Å². The van der Waals surface area contributed by atoms with Crippen molar-refractivity contribution < 1.29 is 4.39 Å². The number of pyridine rings is 2. The van der Waals surface area contributed by atoms with Crippen LogP contribution in [0.1, 0.15) is 72.3 Å². The third-order valence-electron chi connectivity index (χ3n) is 10.3. The molecule has 2 aliphatic rings. The molecule has 2 heterocycles. The molecular weight excluding hydrogens is 614 g/mol. The molecule has 0 bridgehead atoms. The molecule has 2 aliphatic carbocycles. The predicted molar refractivity (Wildman–Crippen MR) is 204 cm³/mol. The Morgan fingerprint density at radius 3 is 1.66 bits per heavy atom. The minimum atomic E-state index is -0.152. The van der Waals surface area contributed by atoms with Gasteiger partial charge < -0.3 is 0 Å². The lowest BCUT2D eigenvalue weighted by atomic mass is 9.81. The maximum absolute atomic E-state index is 13.4. The molecule has 0 aliphatic heterocycles. The van der Waals surface area contributed by atoms with Gasteiger partial charge >= 0.3 is 0 Å². The summed E-state index contributed by atoms with van der Waals surface area (Å²) in [6, 6.07) is 38.8. The molecular formula is C46H40FN3. The van der Waals surface area contributed by atoms with E-state index in [9.17, 15) is 4.39 Å². The first-order valence-electron chi connectivity index (χ1n) is 17.1. The van der Waals surface area contributed by atoms with Crippen LogP contribution in [-0.2, 0) is 10.8 Å². The Labute approximate surface area is 294 Å². The smallest absolute Gasteiger partial charge is 0.123 e. The van der Waals surface area contributed by atoms with Gasteiger partial charge in [-0.15, -0.1) is 0 Å². The van der Waals surface area contributed by atoms with E-state index in [1.807, 2.05) is 43.5 Å². The standard InChI is InChI=1S/C17H15N.C16H15F.C13H10N2/c1-11-4-6-13-14-7-5-12(10-18)9-16(14)17(2,3)15(13)8-11;1-10-4-6-12-13-7-5-11(17)9-15(13)16(2,3)14(12)8-10;1-9-4-5-11-7-6-10-3-2-8-14-12(10)13(11)15-9/h4-9H,1-3H3;4-9H,1-3H3;2-8H,1H3. The number of rotatable bonds is 0. The zero-order valence-corrected chi connectivity index (χ0v) is 29.7. The fraction of sp³-hybridized carbons (Fsp3) is 0.196. The van der Waals surface area contributed by atoms with Crippen LogP contribution in [0.25, 0.3) is 44.1 Å². The molecule has 50 heavy (non-hydrogen) atoms. The fourth-order valence-corrected chi connectivity index (χ4v) is 7.57. The highest BCUT2D eigenvalue weighted by Crippen LogP contribution is 2.50. The van der Waals surface area contributed by atoms with Crippen LogP contribution in [0.4, 0.5) is 4.39 Å². The largest absolute Gasteiger partial charge is 0.254 e. The van der Waals surface area contributed by atoms with Gasteiger partial charge in [0.2, 0.25) is 0 Å². The van der Waals surface area contributed by atoms with Crippen LogP contribution in [0.15, 0.2) is 115 Å². The van der Waals surface area contributed by atoms with Gasteiger partial charge in [0.05, 0.1) is 22.7 Å². The van der Waals surface area contributed by atoms with Gasteiger partial charge in [0.15, 0.2) is 0 Å². The first kappa shape index (κ1) is 32.9. The Bertz CT molecular complexity index is 2450. The molecule has 0 unspecified atom stereocenters. The van der Waals surface area contributed by atoms with Crippen molar-refractivity contribution >= 4 is 21.8 Å². The summed E-state index contributed by atoms with van der Waals surface area (Å²) < 4.78 is 13.4. The molecule has 0 spiro atoms. The van der Waals surface area contributed by atoms with Crippen LogP contribution in [0, 0.1) is 37.9 Å². The molecule has 7 aromatic rings. The van der Waals surface area contributed by atoms with Gasteiger partial charge in [-0.25, -0.2) is 4.39 Å². The molecule has 4 heteroatoms. The van der Waals surface area contributed by atoms with E-state index in [1.165, 1.54) is 50.1 Å². The van der Waals surface area contributed by atoms with E-state index in [-0.39, 0.29) is 16.6 Å². The third-order valence-corrected chi connectivity index (χ3v) is 10.3. The second-order valence-corrected chi connectivity index (χ2v) is 14.6. The summed E-state index contributed by atoms with van der Waals surface area (Å²) in [4.78, 5) is 8.93. The maximum Gasteiger partial charge on any atom is 0.123 e. The second-order valence-electron chi connectivity index (χ2n) is 14.6. The first-order valence-corrected chi connectivity index (χ1v) is 17.1. The van der Waals surface area contributed by atoms with Gasteiger partial charge in [-0.1, -0.05) is 112 Å². The summed E-state index contributed by atoms with van der Waals surface area (Å²) in [7, 11) is 0. The number of benzene rings is 5. The SMILES string of the molecule is Cc1ccc2c(c1)C(C)(C)c1cc(C#N)ccc1-2.Cc1ccc2c(c1)C(C)(C)c1cc(F)ccc1-2.Cc1ccc2ccc3cccnc3c2n1. The van der Waals surface area contributed by atoms with Crippen molar-refractivity contribution in [2.45, 2.75) is 59.3 Å². The second kappa shape index (κ2) is 12.3. The van der Waals surface area contributed by atoms with Gasteiger partial charge in [-0.3, -0.25) is 9.97 Å².